The summed E-state index contributed by atoms with van der Waals surface area (Å²) < 4.78 is 11.8. The van der Waals surface area contributed by atoms with Gasteiger partial charge in [0.05, 0.1) is 11.2 Å². The first-order valence-electron chi connectivity index (χ1n) is 6.91. The first-order chi connectivity index (χ1) is 7.89. The van der Waals surface area contributed by atoms with Crippen molar-refractivity contribution < 1.29 is 9.31 Å². The van der Waals surface area contributed by atoms with Gasteiger partial charge in [0.15, 0.2) is 0 Å². The Balaban J connectivity index is 2.28. The number of unbranched alkanes of at least 4 members (excludes halogenated alkanes) is 4. The summed E-state index contributed by atoms with van der Waals surface area (Å²) in [6, 6.07) is 0. The van der Waals surface area contributed by atoms with Crippen molar-refractivity contribution >= 4 is 7.12 Å². The maximum Gasteiger partial charge on any atom is 0.486 e. The molecule has 1 saturated heterocycles. The fourth-order valence-corrected chi connectivity index (χ4v) is 1.86. The van der Waals surface area contributed by atoms with Crippen LogP contribution in [0.3, 0.4) is 0 Å². The first-order valence-corrected chi connectivity index (χ1v) is 6.91. The third-order valence-corrected chi connectivity index (χ3v) is 3.79. The van der Waals surface area contributed by atoms with E-state index in [0.29, 0.717) is 0 Å². The van der Waals surface area contributed by atoms with Gasteiger partial charge < -0.3 is 9.31 Å². The van der Waals surface area contributed by atoms with Crippen LogP contribution >= 0.6 is 0 Å². The molecule has 2 nitrogen and oxygen atoms in total. The maximum absolute atomic E-state index is 5.88. The van der Waals surface area contributed by atoms with Gasteiger partial charge in [-0.1, -0.05) is 38.2 Å². The van der Waals surface area contributed by atoms with Gasteiger partial charge in [-0.15, -0.1) is 0 Å². The van der Waals surface area contributed by atoms with Crippen molar-refractivity contribution in [1.82, 2.24) is 0 Å². The van der Waals surface area contributed by atoms with Crippen molar-refractivity contribution in [3.63, 3.8) is 0 Å². The summed E-state index contributed by atoms with van der Waals surface area (Å²) in [7, 11) is -0.175. The van der Waals surface area contributed by atoms with Crippen molar-refractivity contribution in [3.8, 4) is 0 Å². The Bertz CT molecular complexity index is 243. The lowest BCUT2D eigenvalue weighted by molar-refractivity contribution is 0.00578. The fraction of sp³-hybridized carbons (Fsp3) is 0.857. The van der Waals surface area contributed by atoms with Crippen LogP contribution in [-0.4, -0.2) is 18.3 Å². The van der Waals surface area contributed by atoms with E-state index < -0.39 is 0 Å². The molecule has 1 fully saturated rings. The largest absolute Gasteiger partial charge is 0.486 e. The van der Waals surface area contributed by atoms with E-state index in [9.17, 15) is 0 Å². The van der Waals surface area contributed by atoms with Crippen LogP contribution in [0.4, 0.5) is 0 Å². The summed E-state index contributed by atoms with van der Waals surface area (Å²) in [5.41, 5.74) is -0.436. The van der Waals surface area contributed by atoms with E-state index in [1.807, 2.05) is 0 Å². The van der Waals surface area contributed by atoms with Gasteiger partial charge in [-0.3, -0.25) is 0 Å². The molecular weight excluding hydrogens is 211 g/mol. The fourth-order valence-electron chi connectivity index (χ4n) is 1.86. The predicted molar refractivity (Wildman–Crippen MR) is 74.0 cm³/mol. The van der Waals surface area contributed by atoms with Crippen LogP contribution in [0.2, 0.25) is 0 Å². The molecule has 0 aromatic heterocycles. The summed E-state index contributed by atoms with van der Waals surface area (Å²) in [5.74, 6) is 2.06. The van der Waals surface area contributed by atoms with E-state index >= 15 is 0 Å². The Hall–Kier alpha value is -0.275. The van der Waals surface area contributed by atoms with Crippen molar-refractivity contribution in [3.05, 3.63) is 12.1 Å². The van der Waals surface area contributed by atoms with Crippen LogP contribution in [-0.2, 0) is 9.31 Å². The normalized spacial score (nSPS) is 22.5. The van der Waals surface area contributed by atoms with E-state index in [1.54, 1.807) is 0 Å². The Morgan fingerprint density at radius 2 is 1.53 bits per heavy atom. The van der Waals surface area contributed by atoms with Crippen LogP contribution in [0.1, 0.15) is 66.7 Å². The average Bonchev–Trinajstić information content (AvgIpc) is 2.41. The third kappa shape index (κ3) is 4.15. The van der Waals surface area contributed by atoms with Gasteiger partial charge in [0, 0.05) is 0 Å². The molecule has 1 heterocycles. The predicted octanol–water partition coefficient (Wildman–Crippen LogP) is 4.14. The average molecular weight is 238 g/mol. The molecule has 98 valence electrons. The van der Waals surface area contributed by atoms with Crippen LogP contribution in [0.5, 0.6) is 0 Å². The zero-order chi connectivity index (χ0) is 12.9. The second-order valence-corrected chi connectivity index (χ2v) is 5.90. The molecule has 0 spiro atoms. The van der Waals surface area contributed by atoms with Gasteiger partial charge in [0.2, 0.25) is 0 Å². The number of hydrogen-bond acceptors (Lipinski definition) is 2. The molecule has 0 amide bonds. The van der Waals surface area contributed by atoms with E-state index in [1.165, 1.54) is 25.7 Å². The zero-order valence-electron chi connectivity index (χ0n) is 12.1. The lowest BCUT2D eigenvalue weighted by Crippen LogP contribution is -2.41. The van der Waals surface area contributed by atoms with E-state index in [4.69, 9.17) is 9.31 Å². The lowest BCUT2D eigenvalue weighted by Gasteiger charge is -2.32. The molecule has 0 aromatic carbocycles. The van der Waals surface area contributed by atoms with Gasteiger partial charge in [0.1, 0.15) is 0 Å². The molecule has 0 bridgehead atoms. The van der Waals surface area contributed by atoms with Gasteiger partial charge in [-0.25, -0.2) is 0 Å². The minimum Gasteiger partial charge on any atom is -0.400 e. The molecule has 1 aliphatic rings. The quantitative estimate of drug-likeness (QED) is 0.511. The molecule has 3 heteroatoms. The summed E-state index contributed by atoms with van der Waals surface area (Å²) in [6.45, 7) is 10.6. The Morgan fingerprint density at radius 3 is 2.06 bits per heavy atom. The summed E-state index contributed by atoms with van der Waals surface area (Å²) in [5, 5.41) is 0. The van der Waals surface area contributed by atoms with Gasteiger partial charge in [-0.2, -0.15) is 0 Å². The number of allylic oxidation sites excluding steroid dienone is 1. The molecule has 17 heavy (non-hydrogen) atoms. The summed E-state index contributed by atoms with van der Waals surface area (Å²) in [4.78, 5) is 0. The SMILES string of the molecule is CCCCCC/C=C/B1OC(C)(C)C(C)(C)O1. The Morgan fingerprint density at radius 1 is 0.941 bits per heavy atom. The highest BCUT2D eigenvalue weighted by Crippen LogP contribution is 2.36. The summed E-state index contributed by atoms with van der Waals surface area (Å²) >= 11 is 0. The first kappa shape index (κ1) is 14.8. The van der Waals surface area contributed by atoms with Gasteiger partial charge in [-0.05, 0) is 40.5 Å². The van der Waals surface area contributed by atoms with E-state index in [0.717, 1.165) is 6.42 Å². The molecule has 0 saturated carbocycles. The molecule has 0 atom stereocenters. The van der Waals surface area contributed by atoms with Crippen LogP contribution in [0, 0.1) is 0 Å². The van der Waals surface area contributed by atoms with Crippen LogP contribution in [0.15, 0.2) is 12.1 Å². The molecule has 0 N–H and O–H groups in total. The second-order valence-electron chi connectivity index (χ2n) is 5.90. The Kier molecular flexibility index (Phi) is 5.27. The van der Waals surface area contributed by atoms with Crippen LogP contribution < -0.4 is 0 Å². The second kappa shape index (κ2) is 6.06. The van der Waals surface area contributed by atoms with Gasteiger partial charge in [0.25, 0.3) is 0 Å². The molecule has 1 rings (SSSR count). The van der Waals surface area contributed by atoms with Crippen molar-refractivity contribution in [2.45, 2.75) is 77.9 Å². The smallest absolute Gasteiger partial charge is 0.400 e. The van der Waals surface area contributed by atoms with Gasteiger partial charge >= 0.3 is 7.12 Å². The topological polar surface area (TPSA) is 18.5 Å². The lowest BCUT2D eigenvalue weighted by atomic mass is 9.89. The zero-order valence-corrected chi connectivity index (χ0v) is 12.1. The highest BCUT2D eigenvalue weighted by Gasteiger charge is 2.49. The van der Waals surface area contributed by atoms with Crippen molar-refractivity contribution in [1.29, 1.82) is 0 Å². The standard InChI is InChI=1S/C14H27BO2/c1-6-7-8-9-10-11-12-15-16-13(2,3)14(4,5)17-15/h11-12H,6-10H2,1-5H3/b12-11+. The molecular formula is C14H27BO2. The minimum absolute atomic E-state index is 0.175. The minimum atomic E-state index is -0.218. The van der Waals surface area contributed by atoms with E-state index in [-0.39, 0.29) is 18.3 Å². The molecule has 0 unspecified atom stereocenters. The molecule has 1 aliphatic heterocycles. The molecule has 0 aliphatic carbocycles. The van der Waals surface area contributed by atoms with Crippen LogP contribution in [0.25, 0.3) is 0 Å². The highest BCUT2D eigenvalue weighted by atomic mass is 16.7. The maximum atomic E-state index is 5.88. The molecule has 0 radical (unpaired) electrons. The van der Waals surface area contributed by atoms with Crippen molar-refractivity contribution in [2.24, 2.45) is 0 Å². The highest BCUT2D eigenvalue weighted by molar-refractivity contribution is 6.51. The Labute approximate surface area is 107 Å². The summed E-state index contributed by atoms with van der Waals surface area (Å²) in [6.07, 6.45) is 8.54. The third-order valence-electron chi connectivity index (χ3n) is 3.79. The number of hydrogen-bond donors (Lipinski definition) is 0. The van der Waals surface area contributed by atoms with E-state index in [2.05, 4.69) is 46.7 Å². The van der Waals surface area contributed by atoms with Crippen molar-refractivity contribution in [2.75, 3.05) is 0 Å². The molecule has 0 aromatic rings. The number of rotatable bonds is 6. The monoisotopic (exact) mass is 238 g/mol.